The number of carbonyl (C=O) groups is 1. The number of benzene rings is 4. The molecule has 3 N–H and O–H groups in total. The first kappa shape index (κ1) is 31.8. The predicted molar refractivity (Wildman–Crippen MR) is 170 cm³/mol. The molecule has 7 nitrogen and oxygen atoms in total. The minimum absolute atomic E-state index is 0.0372. The number of hydrogen-bond acceptors (Lipinski definition) is 6. The van der Waals surface area contributed by atoms with Gasteiger partial charge in [-0.15, -0.1) is 0 Å². The minimum atomic E-state index is -1.49. The number of hydrazine groups is 1. The minimum Gasteiger partial charge on any atom is -0.494 e. The lowest BCUT2D eigenvalue weighted by Crippen LogP contribution is -2.53. The topological polar surface area (TPSA) is 92.2 Å². The Labute approximate surface area is 270 Å². The van der Waals surface area contributed by atoms with Crippen molar-refractivity contribution in [3.8, 4) is 5.75 Å². The first-order chi connectivity index (χ1) is 21.3. The number of aliphatic imine (C=N–C) groups is 1. The molecule has 0 saturated carbocycles. The van der Waals surface area contributed by atoms with Crippen LogP contribution >= 0.6 is 31.9 Å². The van der Waals surface area contributed by atoms with Crippen molar-refractivity contribution in [2.75, 3.05) is 13.2 Å². The van der Waals surface area contributed by atoms with E-state index in [4.69, 9.17) is 19.6 Å². The molecule has 0 fully saturated rings. The molecule has 0 radical (unpaired) electrons. The van der Waals surface area contributed by atoms with Crippen molar-refractivity contribution in [3.05, 3.63) is 134 Å². The van der Waals surface area contributed by atoms with Crippen LogP contribution in [-0.4, -0.2) is 35.7 Å². The summed E-state index contributed by atoms with van der Waals surface area (Å²) in [6.07, 6.45) is -0.150. The molecule has 228 valence electrons. The summed E-state index contributed by atoms with van der Waals surface area (Å²) in [4.78, 5) is 19.2. The summed E-state index contributed by atoms with van der Waals surface area (Å²) in [6, 6.07) is 25.5. The zero-order chi connectivity index (χ0) is 31.1. The Morgan fingerprint density at radius 2 is 1.73 bits per heavy atom. The molecular weight excluding hydrogens is 700 g/mol. The Morgan fingerprint density at radius 1 is 0.977 bits per heavy atom. The molecule has 5 rings (SSSR count). The van der Waals surface area contributed by atoms with Crippen LogP contribution in [-0.2, 0) is 22.5 Å². The molecule has 44 heavy (non-hydrogen) atoms. The number of aliphatic hydroxyl groups is 1. The van der Waals surface area contributed by atoms with Crippen LogP contribution in [0.15, 0.2) is 105 Å². The molecule has 1 heterocycles. The fourth-order valence-electron chi connectivity index (χ4n) is 4.84. The maximum Gasteiger partial charge on any atom is 0.266 e. The Hall–Kier alpha value is -3.64. The number of rotatable bonds is 12. The number of amides is 1. The Balaban J connectivity index is 1.52. The van der Waals surface area contributed by atoms with Gasteiger partial charge in [0.05, 0.1) is 6.61 Å². The van der Waals surface area contributed by atoms with E-state index in [-0.39, 0.29) is 31.0 Å². The van der Waals surface area contributed by atoms with Crippen molar-refractivity contribution in [2.45, 2.75) is 31.0 Å². The van der Waals surface area contributed by atoms with Crippen molar-refractivity contribution >= 4 is 43.7 Å². The lowest BCUT2D eigenvalue weighted by molar-refractivity contribution is -0.130. The summed E-state index contributed by atoms with van der Waals surface area (Å²) in [7, 11) is 0. The van der Waals surface area contributed by atoms with Crippen molar-refractivity contribution in [3.63, 3.8) is 0 Å². The van der Waals surface area contributed by atoms with Crippen LogP contribution in [0.3, 0.4) is 0 Å². The highest BCUT2D eigenvalue weighted by atomic mass is 79.9. The van der Waals surface area contributed by atoms with Crippen LogP contribution in [0.1, 0.15) is 34.8 Å². The van der Waals surface area contributed by atoms with Crippen molar-refractivity contribution in [1.29, 1.82) is 0 Å². The van der Waals surface area contributed by atoms with Gasteiger partial charge in [-0.2, -0.15) is 0 Å². The summed E-state index contributed by atoms with van der Waals surface area (Å²) in [6.45, 7) is 0.333. The zero-order valence-electron chi connectivity index (χ0n) is 23.4. The van der Waals surface area contributed by atoms with E-state index in [0.717, 1.165) is 32.2 Å². The molecule has 11 heteroatoms. The number of carbonyl (C=O) groups excluding carboxylic acids is 1. The third-order valence-corrected chi connectivity index (χ3v) is 8.42. The van der Waals surface area contributed by atoms with Gasteiger partial charge in [0.1, 0.15) is 17.4 Å². The number of hydrogen-bond donors (Lipinski definition) is 3. The molecule has 0 unspecified atom stereocenters. The SMILES string of the molecule is O=C(NNCc1ccc(F)cc1F)[C@@]1(Cc2ccccc2Br)N=C(c2ccc(OCCCO)cc2)O[C@H]1c1ccc(Br)cc1. The monoisotopic (exact) mass is 727 g/mol. The molecule has 1 aliphatic heterocycles. The summed E-state index contributed by atoms with van der Waals surface area (Å²) in [5, 5.41) is 9.03. The third-order valence-electron chi connectivity index (χ3n) is 7.12. The Bertz CT molecular complexity index is 1640. The summed E-state index contributed by atoms with van der Waals surface area (Å²) >= 11 is 7.08. The molecular formula is C33H29Br2F2N3O4. The first-order valence-corrected chi connectivity index (χ1v) is 15.4. The van der Waals surface area contributed by atoms with Gasteiger partial charge in [-0.3, -0.25) is 10.2 Å². The van der Waals surface area contributed by atoms with Gasteiger partial charge in [0.25, 0.3) is 5.91 Å². The van der Waals surface area contributed by atoms with Gasteiger partial charge in [-0.25, -0.2) is 19.2 Å². The zero-order valence-corrected chi connectivity index (χ0v) is 26.6. The lowest BCUT2D eigenvalue weighted by Gasteiger charge is -2.31. The summed E-state index contributed by atoms with van der Waals surface area (Å²) in [5.41, 5.74) is 6.40. The fraction of sp³-hybridized carbons (Fsp3) is 0.212. The maximum absolute atomic E-state index is 14.3. The number of ether oxygens (including phenoxy) is 2. The summed E-state index contributed by atoms with van der Waals surface area (Å²) in [5.74, 6) is -1.01. The van der Waals surface area contributed by atoms with Gasteiger partial charge in [-0.05, 0) is 59.7 Å². The van der Waals surface area contributed by atoms with Crippen molar-refractivity contribution in [2.24, 2.45) is 4.99 Å². The third kappa shape index (κ3) is 7.35. The molecule has 0 bridgehead atoms. The molecule has 0 aliphatic carbocycles. The largest absolute Gasteiger partial charge is 0.494 e. The average Bonchev–Trinajstić information content (AvgIpc) is 3.40. The van der Waals surface area contributed by atoms with Crippen LogP contribution in [0.4, 0.5) is 8.78 Å². The normalized spacial score (nSPS) is 17.6. The second-order valence-corrected chi connectivity index (χ2v) is 11.9. The highest BCUT2D eigenvalue weighted by Crippen LogP contribution is 2.43. The number of halogens is 4. The standard InChI is InChI=1S/C33H29Br2F2N3O4/c34-25-11-6-21(7-12-25)30-33(19-23-4-1-2-5-28(23)35,32(42)40-38-20-24-8-13-26(36)18-29(24)37)39-31(44-30)22-9-14-27(15-10-22)43-17-3-16-41/h1-2,4-15,18,30,38,41H,3,16-17,19-20H2,(H,40,42)/t30-,33-/m0/s1. The molecule has 0 saturated heterocycles. The summed E-state index contributed by atoms with van der Waals surface area (Å²) < 4.78 is 41.5. The van der Waals surface area contributed by atoms with E-state index in [2.05, 4.69) is 42.7 Å². The second-order valence-electron chi connectivity index (χ2n) is 10.2. The van der Waals surface area contributed by atoms with E-state index in [1.807, 2.05) is 48.5 Å². The second kappa shape index (κ2) is 14.4. The van der Waals surface area contributed by atoms with Crippen LogP contribution in [0.5, 0.6) is 5.75 Å². The van der Waals surface area contributed by atoms with Crippen molar-refractivity contribution in [1.82, 2.24) is 10.9 Å². The first-order valence-electron chi connectivity index (χ1n) is 13.9. The van der Waals surface area contributed by atoms with Crippen LogP contribution in [0, 0.1) is 11.6 Å². The van der Waals surface area contributed by atoms with Gasteiger partial charge in [0.2, 0.25) is 5.90 Å². The predicted octanol–water partition coefficient (Wildman–Crippen LogP) is 6.57. The highest BCUT2D eigenvalue weighted by molar-refractivity contribution is 9.10. The van der Waals surface area contributed by atoms with Crippen molar-refractivity contribution < 1.29 is 28.2 Å². The van der Waals surface area contributed by atoms with E-state index in [9.17, 15) is 13.6 Å². The fourth-order valence-corrected chi connectivity index (χ4v) is 5.53. The van der Waals surface area contributed by atoms with Crippen LogP contribution < -0.4 is 15.6 Å². The van der Waals surface area contributed by atoms with Crippen LogP contribution in [0.25, 0.3) is 0 Å². The van der Waals surface area contributed by atoms with Gasteiger partial charge in [0, 0.05) is 52.1 Å². The van der Waals surface area contributed by atoms with E-state index in [1.165, 1.54) is 6.07 Å². The van der Waals surface area contributed by atoms with E-state index < -0.39 is 29.2 Å². The van der Waals surface area contributed by atoms with E-state index in [0.29, 0.717) is 24.3 Å². The van der Waals surface area contributed by atoms with Crippen LogP contribution in [0.2, 0.25) is 0 Å². The molecule has 4 aromatic rings. The molecule has 1 aliphatic rings. The lowest BCUT2D eigenvalue weighted by atomic mass is 9.82. The highest BCUT2D eigenvalue weighted by Gasteiger charge is 2.53. The average molecular weight is 729 g/mol. The molecule has 1 amide bonds. The number of nitrogens with one attached hydrogen (secondary N) is 2. The molecule has 4 aromatic carbocycles. The Kier molecular flexibility index (Phi) is 10.4. The quantitative estimate of drug-likeness (QED) is 0.113. The van der Waals surface area contributed by atoms with Gasteiger partial charge < -0.3 is 14.6 Å². The maximum atomic E-state index is 14.3. The van der Waals surface area contributed by atoms with E-state index >= 15 is 0 Å². The number of nitrogens with zero attached hydrogens (tertiary/aromatic N) is 1. The van der Waals surface area contributed by atoms with Gasteiger partial charge in [0.15, 0.2) is 11.6 Å². The smallest absolute Gasteiger partial charge is 0.266 e. The molecule has 2 atom stereocenters. The Morgan fingerprint density at radius 3 is 2.43 bits per heavy atom. The molecule has 0 aromatic heterocycles. The van der Waals surface area contributed by atoms with Gasteiger partial charge in [-0.1, -0.05) is 68.3 Å². The van der Waals surface area contributed by atoms with Gasteiger partial charge >= 0.3 is 0 Å². The molecule has 0 spiro atoms. The number of aliphatic hydroxyl groups excluding tert-OH is 1. The van der Waals surface area contributed by atoms with E-state index in [1.54, 1.807) is 24.3 Å².